The number of nitrogens with two attached hydrogens (primary N) is 1. The van der Waals surface area contributed by atoms with Crippen molar-refractivity contribution in [1.29, 1.82) is 5.41 Å². The zero-order valence-corrected chi connectivity index (χ0v) is 5.89. The van der Waals surface area contributed by atoms with Gasteiger partial charge in [0.1, 0.15) is 11.7 Å². The zero-order chi connectivity index (χ0) is 8.43. The number of halogens is 1. The highest BCUT2D eigenvalue weighted by Gasteiger charge is 2.03. The molecule has 57 valence electrons. The second kappa shape index (κ2) is 2.70. The summed E-state index contributed by atoms with van der Waals surface area (Å²) < 4.78 is 12.8. The van der Waals surface area contributed by atoms with Crippen molar-refractivity contribution >= 4 is 5.84 Å². The highest BCUT2D eigenvalue weighted by Crippen LogP contribution is 2.08. The first-order valence-electron chi connectivity index (χ1n) is 3.07. The third-order valence-electron chi connectivity index (χ3n) is 1.32. The minimum Gasteiger partial charge on any atom is -0.384 e. The summed E-state index contributed by atoms with van der Waals surface area (Å²) in [6.45, 7) is 3.53. The van der Waals surface area contributed by atoms with Crippen LogP contribution < -0.4 is 5.73 Å². The van der Waals surface area contributed by atoms with Crippen molar-refractivity contribution in [2.24, 2.45) is 5.73 Å². The van der Waals surface area contributed by atoms with Gasteiger partial charge in [-0.25, -0.2) is 4.39 Å². The van der Waals surface area contributed by atoms with Crippen molar-refractivity contribution < 1.29 is 4.39 Å². The van der Waals surface area contributed by atoms with Gasteiger partial charge in [0.25, 0.3) is 0 Å². The van der Waals surface area contributed by atoms with Crippen molar-refractivity contribution in [2.45, 2.75) is 0 Å². The van der Waals surface area contributed by atoms with E-state index in [1.165, 1.54) is 12.1 Å². The molecule has 0 bridgehead atoms. The van der Waals surface area contributed by atoms with Crippen LogP contribution in [-0.2, 0) is 0 Å². The van der Waals surface area contributed by atoms with Crippen molar-refractivity contribution in [3.05, 3.63) is 42.1 Å². The zero-order valence-electron chi connectivity index (χ0n) is 5.89. The average Bonchev–Trinajstić information content (AvgIpc) is 1.85. The number of hydrogen-bond acceptors (Lipinski definition) is 1. The Morgan fingerprint density at radius 1 is 1.55 bits per heavy atom. The summed E-state index contributed by atoms with van der Waals surface area (Å²) >= 11 is 0. The van der Waals surface area contributed by atoms with Crippen LogP contribution in [0.25, 0.3) is 0 Å². The molecule has 2 nitrogen and oxygen atoms in total. The SMILES string of the molecule is [CH2]c1ccc(C(=N)N)c(F)c1. The van der Waals surface area contributed by atoms with E-state index < -0.39 is 5.82 Å². The van der Waals surface area contributed by atoms with Gasteiger partial charge in [0.15, 0.2) is 0 Å². The number of amidine groups is 1. The first-order chi connectivity index (χ1) is 5.11. The lowest BCUT2D eigenvalue weighted by Gasteiger charge is -2.00. The highest BCUT2D eigenvalue weighted by atomic mass is 19.1. The molecule has 3 heteroatoms. The lowest BCUT2D eigenvalue weighted by molar-refractivity contribution is 0.624. The standard InChI is InChI=1S/C8H8FN2/c1-5-2-3-6(8(10)11)7(9)4-5/h2-4H,1H2,(H3,10,11). The molecule has 0 saturated heterocycles. The van der Waals surface area contributed by atoms with Gasteiger partial charge in [-0.15, -0.1) is 0 Å². The monoisotopic (exact) mass is 151 g/mol. The van der Waals surface area contributed by atoms with E-state index in [1.54, 1.807) is 6.07 Å². The van der Waals surface area contributed by atoms with Crippen molar-refractivity contribution in [1.82, 2.24) is 0 Å². The number of nitrogen functional groups attached to an aromatic ring is 1. The molecule has 0 fully saturated rings. The normalized spacial score (nSPS) is 9.64. The maximum absolute atomic E-state index is 12.8. The summed E-state index contributed by atoms with van der Waals surface area (Å²) in [4.78, 5) is 0. The summed E-state index contributed by atoms with van der Waals surface area (Å²) in [5.74, 6) is -0.757. The van der Waals surface area contributed by atoms with Gasteiger partial charge < -0.3 is 5.73 Å². The molecule has 0 aromatic heterocycles. The number of benzene rings is 1. The van der Waals surface area contributed by atoms with Gasteiger partial charge in [-0.05, 0) is 24.6 Å². The summed E-state index contributed by atoms with van der Waals surface area (Å²) in [5, 5.41) is 6.96. The molecule has 1 aromatic carbocycles. The number of rotatable bonds is 1. The van der Waals surface area contributed by atoms with Crippen LogP contribution in [0.4, 0.5) is 4.39 Å². The Labute approximate surface area is 64.4 Å². The Balaban J connectivity index is 3.20. The molecule has 3 N–H and O–H groups in total. The quantitative estimate of drug-likeness (QED) is 0.461. The Morgan fingerprint density at radius 2 is 2.18 bits per heavy atom. The predicted molar refractivity (Wildman–Crippen MR) is 41.9 cm³/mol. The number of nitrogens with one attached hydrogen (secondary N) is 1. The molecule has 0 aliphatic rings. The van der Waals surface area contributed by atoms with Gasteiger partial charge in [0, 0.05) is 0 Å². The second-order valence-corrected chi connectivity index (χ2v) is 2.23. The van der Waals surface area contributed by atoms with Crippen LogP contribution in [0.5, 0.6) is 0 Å². The predicted octanol–water partition coefficient (Wildman–Crippen LogP) is 1.29. The van der Waals surface area contributed by atoms with Crippen LogP contribution >= 0.6 is 0 Å². The Kier molecular flexibility index (Phi) is 1.89. The molecule has 11 heavy (non-hydrogen) atoms. The van der Waals surface area contributed by atoms with E-state index in [4.69, 9.17) is 11.1 Å². The molecular formula is C8H8FN2. The Morgan fingerprint density at radius 3 is 2.64 bits per heavy atom. The van der Waals surface area contributed by atoms with Gasteiger partial charge in [0.05, 0.1) is 5.56 Å². The van der Waals surface area contributed by atoms with Gasteiger partial charge in [-0.1, -0.05) is 6.07 Å². The minimum atomic E-state index is -0.495. The van der Waals surface area contributed by atoms with Crippen molar-refractivity contribution in [2.75, 3.05) is 0 Å². The van der Waals surface area contributed by atoms with Crippen LogP contribution in [0.1, 0.15) is 11.1 Å². The van der Waals surface area contributed by atoms with E-state index in [2.05, 4.69) is 6.92 Å². The fourth-order valence-electron chi connectivity index (χ4n) is 0.777. The molecule has 0 spiro atoms. The molecule has 1 radical (unpaired) electrons. The van der Waals surface area contributed by atoms with E-state index >= 15 is 0 Å². The van der Waals surface area contributed by atoms with E-state index in [-0.39, 0.29) is 11.4 Å². The Bertz CT molecular complexity index is 294. The first kappa shape index (κ1) is 7.72. The summed E-state index contributed by atoms with van der Waals surface area (Å²) in [6.07, 6.45) is 0. The van der Waals surface area contributed by atoms with E-state index in [1.807, 2.05) is 0 Å². The van der Waals surface area contributed by atoms with Crippen LogP contribution in [-0.4, -0.2) is 5.84 Å². The fraction of sp³-hybridized carbons (Fsp3) is 0. The minimum absolute atomic E-state index is 0.123. The van der Waals surface area contributed by atoms with Gasteiger partial charge in [-0.2, -0.15) is 0 Å². The number of hydrogen-bond donors (Lipinski definition) is 2. The average molecular weight is 151 g/mol. The van der Waals surface area contributed by atoms with Crippen LogP contribution in [0.2, 0.25) is 0 Å². The molecule has 0 amide bonds. The van der Waals surface area contributed by atoms with Crippen molar-refractivity contribution in [3.8, 4) is 0 Å². The fourth-order valence-corrected chi connectivity index (χ4v) is 0.777. The summed E-state index contributed by atoms with van der Waals surface area (Å²) in [7, 11) is 0. The van der Waals surface area contributed by atoms with Crippen LogP contribution in [0.15, 0.2) is 18.2 Å². The summed E-state index contributed by atoms with van der Waals surface area (Å²) in [6, 6.07) is 4.30. The molecule has 0 aliphatic heterocycles. The first-order valence-corrected chi connectivity index (χ1v) is 3.07. The third kappa shape index (κ3) is 1.55. The molecule has 0 unspecified atom stereocenters. The molecule has 0 heterocycles. The molecule has 0 atom stereocenters. The topological polar surface area (TPSA) is 49.9 Å². The smallest absolute Gasteiger partial charge is 0.134 e. The molecule has 1 rings (SSSR count). The van der Waals surface area contributed by atoms with Crippen molar-refractivity contribution in [3.63, 3.8) is 0 Å². The maximum atomic E-state index is 12.8. The third-order valence-corrected chi connectivity index (χ3v) is 1.32. The summed E-state index contributed by atoms with van der Waals surface area (Å²) in [5.41, 5.74) is 5.79. The molecular weight excluding hydrogens is 143 g/mol. The lowest BCUT2D eigenvalue weighted by Crippen LogP contribution is -2.12. The molecule has 0 aliphatic carbocycles. The van der Waals surface area contributed by atoms with E-state index in [0.717, 1.165) is 0 Å². The molecule has 1 aromatic rings. The lowest BCUT2D eigenvalue weighted by atomic mass is 10.1. The van der Waals surface area contributed by atoms with Crippen LogP contribution in [0.3, 0.4) is 0 Å². The second-order valence-electron chi connectivity index (χ2n) is 2.23. The van der Waals surface area contributed by atoms with Gasteiger partial charge in [-0.3, -0.25) is 5.41 Å². The molecule has 0 saturated carbocycles. The van der Waals surface area contributed by atoms with E-state index in [0.29, 0.717) is 5.56 Å². The largest absolute Gasteiger partial charge is 0.384 e. The van der Waals surface area contributed by atoms with Gasteiger partial charge in [0.2, 0.25) is 0 Å². The maximum Gasteiger partial charge on any atom is 0.134 e. The highest BCUT2D eigenvalue weighted by molar-refractivity contribution is 5.95. The van der Waals surface area contributed by atoms with Gasteiger partial charge >= 0.3 is 0 Å². The van der Waals surface area contributed by atoms with Crippen LogP contribution in [0, 0.1) is 18.2 Å². The van der Waals surface area contributed by atoms with E-state index in [9.17, 15) is 4.39 Å². The Hall–Kier alpha value is -1.38.